The Kier molecular flexibility index (Phi) is 4.45. The van der Waals surface area contributed by atoms with E-state index in [4.69, 9.17) is 5.73 Å². The Labute approximate surface area is 98.3 Å². The molecule has 0 fully saturated rings. The van der Waals surface area contributed by atoms with Crippen molar-refractivity contribution in [2.75, 3.05) is 6.54 Å². The lowest BCUT2D eigenvalue weighted by Crippen LogP contribution is -2.16. The SMILES string of the molecule is Cc1nc(CC(F)(F)F)nc(C)c1CCCN. The molecule has 1 aromatic heterocycles. The third kappa shape index (κ3) is 4.30. The number of nitrogens with zero attached hydrogens (tertiary/aromatic N) is 2. The van der Waals surface area contributed by atoms with E-state index in [0.29, 0.717) is 24.4 Å². The molecule has 0 aliphatic rings. The molecule has 0 atom stereocenters. The largest absolute Gasteiger partial charge is 0.396 e. The summed E-state index contributed by atoms with van der Waals surface area (Å²) >= 11 is 0. The van der Waals surface area contributed by atoms with E-state index in [-0.39, 0.29) is 5.82 Å². The average molecular weight is 247 g/mol. The van der Waals surface area contributed by atoms with Gasteiger partial charge in [-0.25, -0.2) is 9.97 Å². The molecule has 0 saturated heterocycles. The van der Waals surface area contributed by atoms with Gasteiger partial charge in [0.25, 0.3) is 0 Å². The van der Waals surface area contributed by atoms with Gasteiger partial charge in [-0.2, -0.15) is 13.2 Å². The van der Waals surface area contributed by atoms with Crippen molar-refractivity contribution in [3.05, 3.63) is 22.8 Å². The second kappa shape index (κ2) is 5.44. The van der Waals surface area contributed by atoms with E-state index >= 15 is 0 Å². The van der Waals surface area contributed by atoms with E-state index < -0.39 is 12.6 Å². The van der Waals surface area contributed by atoms with E-state index in [1.165, 1.54) is 0 Å². The molecule has 0 aromatic carbocycles. The van der Waals surface area contributed by atoms with Crippen LogP contribution in [0.25, 0.3) is 0 Å². The van der Waals surface area contributed by atoms with Gasteiger partial charge in [0.2, 0.25) is 0 Å². The number of alkyl halides is 3. The van der Waals surface area contributed by atoms with Gasteiger partial charge in [-0.1, -0.05) is 0 Å². The molecular weight excluding hydrogens is 231 g/mol. The molecule has 1 heterocycles. The molecule has 0 saturated carbocycles. The summed E-state index contributed by atoms with van der Waals surface area (Å²) in [6, 6.07) is 0. The topological polar surface area (TPSA) is 51.8 Å². The summed E-state index contributed by atoms with van der Waals surface area (Å²) in [5, 5.41) is 0. The number of hydrogen-bond donors (Lipinski definition) is 1. The van der Waals surface area contributed by atoms with Crippen molar-refractivity contribution in [3.8, 4) is 0 Å². The summed E-state index contributed by atoms with van der Waals surface area (Å²) in [4.78, 5) is 7.80. The highest BCUT2D eigenvalue weighted by molar-refractivity contribution is 5.24. The van der Waals surface area contributed by atoms with E-state index in [1.54, 1.807) is 13.8 Å². The van der Waals surface area contributed by atoms with Crippen molar-refractivity contribution in [1.82, 2.24) is 9.97 Å². The second-order valence-corrected chi connectivity index (χ2v) is 3.97. The first-order valence-corrected chi connectivity index (χ1v) is 5.43. The first kappa shape index (κ1) is 13.9. The molecule has 0 aliphatic carbocycles. The minimum absolute atomic E-state index is 0.163. The lowest BCUT2D eigenvalue weighted by molar-refractivity contribution is -0.128. The van der Waals surface area contributed by atoms with Crippen LogP contribution >= 0.6 is 0 Å². The number of aromatic nitrogens is 2. The molecule has 1 rings (SSSR count). The van der Waals surface area contributed by atoms with Gasteiger partial charge in [0.05, 0.1) is 0 Å². The minimum Gasteiger partial charge on any atom is -0.330 e. The van der Waals surface area contributed by atoms with E-state index in [9.17, 15) is 13.2 Å². The minimum atomic E-state index is -4.27. The van der Waals surface area contributed by atoms with Crippen LogP contribution in [0.2, 0.25) is 0 Å². The summed E-state index contributed by atoms with van der Waals surface area (Å²) < 4.78 is 36.6. The van der Waals surface area contributed by atoms with Crippen LogP contribution < -0.4 is 5.73 Å². The van der Waals surface area contributed by atoms with Gasteiger partial charge in [-0.05, 0) is 38.8 Å². The highest BCUT2D eigenvalue weighted by Crippen LogP contribution is 2.21. The average Bonchev–Trinajstić information content (AvgIpc) is 2.13. The van der Waals surface area contributed by atoms with Crippen molar-refractivity contribution in [2.45, 2.75) is 39.3 Å². The lowest BCUT2D eigenvalue weighted by atomic mass is 10.1. The Bertz CT molecular complexity index is 365. The maximum atomic E-state index is 12.2. The molecule has 0 spiro atoms. The standard InChI is InChI=1S/C11H16F3N3/c1-7-9(4-3-5-15)8(2)17-10(16-7)6-11(12,13)14/h3-6,15H2,1-2H3. The summed E-state index contributed by atoms with van der Waals surface area (Å²) in [6.45, 7) is 3.96. The summed E-state index contributed by atoms with van der Waals surface area (Å²) in [5.41, 5.74) is 7.54. The van der Waals surface area contributed by atoms with Gasteiger partial charge in [0, 0.05) is 11.4 Å². The van der Waals surface area contributed by atoms with Crippen molar-refractivity contribution in [2.24, 2.45) is 5.73 Å². The summed E-state index contributed by atoms with van der Waals surface area (Å²) in [6.07, 6.45) is -3.85. The molecule has 0 bridgehead atoms. The quantitative estimate of drug-likeness (QED) is 0.886. The van der Waals surface area contributed by atoms with Gasteiger partial charge < -0.3 is 5.73 Å². The Morgan fingerprint density at radius 1 is 1.12 bits per heavy atom. The van der Waals surface area contributed by atoms with E-state index in [1.807, 2.05) is 0 Å². The van der Waals surface area contributed by atoms with E-state index in [2.05, 4.69) is 9.97 Å². The first-order valence-electron chi connectivity index (χ1n) is 5.43. The normalized spacial score (nSPS) is 11.9. The molecule has 96 valence electrons. The van der Waals surface area contributed by atoms with Crippen LogP contribution in [0.1, 0.15) is 29.2 Å². The first-order chi connectivity index (χ1) is 7.83. The van der Waals surface area contributed by atoms with Gasteiger partial charge in [-0.15, -0.1) is 0 Å². The zero-order valence-corrected chi connectivity index (χ0v) is 9.93. The van der Waals surface area contributed by atoms with Crippen LogP contribution in [0, 0.1) is 13.8 Å². The zero-order valence-electron chi connectivity index (χ0n) is 9.93. The number of hydrogen-bond acceptors (Lipinski definition) is 3. The maximum absolute atomic E-state index is 12.2. The fourth-order valence-corrected chi connectivity index (χ4v) is 1.71. The fourth-order valence-electron chi connectivity index (χ4n) is 1.71. The maximum Gasteiger partial charge on any atom is 0.396 e. The lowest BCUT2D eigenvalue weighted by Gasteiger charge is -2.11. The van der Waals surface area contributed by atoms with Crippen LogP contribution in [0.5, 0.6) is 0 Å². The molecule has 0 aliphatic heterocycles. The van der Waals surface area contributed by atoms with Crippen LogP contribution in [0.3, 0.4) is 0 Å². The molecule has 2 N–H and O–H groups in total. The summed E-state index contributed by atoms with van der Waals surface area (Å²) in [7, 11) is 0. The number of nitrogens with two attached hydrogens (primary N) is 1. The smallest absolute Gasteiger partial charge is 0.330 e. The van der Waals surface area contributed by atoms with Gasteiger partial charge in [-0.3, -0.25) is 0 Å². The van der Waals surface area contributed by atoms with Crippen molar-refractivity contribution >= 4 is 0 Å². The predicted molar refractivity (Wildman–Crippen MR) is 58.6 cm³/mol. The van der Waals surface area contributed by atoms with Crippen LogP contribution in [0.4, 0.5) is 13.2 Å². The Hall–Kier alpha value is -1.17. The molecule has 0 amide bonds. The number of rotatable bonds is 4. The van der Waals surface area contributed by atoms with Gasteiger partial charge >= 0.3 is 6.18 Å². The van der Waals surface area contributed by atoms with Crippen LogP contribution in [-0.4, -0.2) is 22.7 Å². The molecule has 1 aromatic rings. The van der Waals surface area contributed by atoms with E-state index in [0.717, 1.165) is 12.0 Å². The monoisotopic (exact) mass is 247 g/mol. The Morgan fingerprint density at radius 3 is 2.06 bits per heavy atom. The predicted octanol–water partition coefficient (Wildman–Crippen LogP) is 2.09. The molecule has 17 heavy (non-hydrogen) atoms. The number of halogens is 3. The highest BCUT2D eigenvalue weighted by Gasteiger charge is 2.29. The molecule has 3 nitrogen and oxygen atoms in total. The van der Waals surface area contributed by atoms with Crippen LogP contribution in [-0.2, 0) is 12.8 Å². The Balaban J connectivity index is 2.93. The number of aryl methyl sites for hydroxylation is 2. The fraction of sp³-hybridized carbons (Fsp3) is 0.636. The van der Waals surface area contributed by atoms with Crippen molar-refractivity contribution < 1.29 is 13.2 Å². The van der Waals surface area contributed by atoms with Crippen molar-refractivity contribution in [1.29, 1.82) is 0 Å². The third-order valence-corrected chi connectivity index (χ3v) is 2.46. The highest BCUT2D eigenvalue weighted by atomic mass is 19.4. The molecule has 0 radical (unpaired) electrons. The molecule has 0 unspecified atom stereocenters. The summed E-state index contributed by atoms with van der Waals surface area (Å²) in [5.74, 6) is -0.163. The second-order valence-electron chi connectivity index (χ2n) is 3.97. The molecule has 6 heteroatoms. The van der Waals surface area contributed by atoms with Crippen LogP contribution in [0.15, 0.2) is 0 Å². The molecular formula is C11H16F3N3. The van der Waals surface area contributed by atoms with Gasteiger partial charge in [0.1, 0.15) is 12.2 Å². The zero-order chi connectivity index (χ0) is 13.1. The Morgan fingerprint density at radius 2 is 1.65 bits per heavy atom. The van der Waals surface area contributed by atoms with Crippen molar-refractivity contribution in [3.63, 3.8) is 0 Å². The third-order valence-electron chi connectivity index (χ3n) is 2.46. The van der Waals surface area contributed by atoms with Gasteiger partial charge in [0.15, 0.2) is 0 Å².